The van der Waals surface area contributed by atoms with Gasteiger partial charge in [-0.1, -0.05) is 30.3 Å². The monoisotopic (exact) mass is 387 g/mol. The molecule has 154 valence electrons. The Morgan fingerprint density at radius 1 is 1.36 bits per heavy atom. The number of likely N-dealkylation sites (N-methyl/N-ethyl adjacent to an activating group) is 1. The van der Waals surface area contributed by atoms with E-state index < -0.39 is 12.0 Å². The molecule has 2 atom stereocenters. The zero-order valence-corrected chi connectivity index (χ0v) is 17.5. The van der Waals surface area contributed by atoms with Crippen LogP contribution in [0.2, 0.25) is 0 Å². The third-order valence-electron chi connectivity index (χ3n) is 5.59. The number of benzene rings is 1. The highest BCUT2D eigenvalue weighted by molar-refractivity contribution is 5.89. The number of nitrogens with zero attached hydrogens (tertiary/aromatic N) is 2. The summed E-state index contributed by atoms with van der Waals surface area (Å²) in [5, 5.41) is 2.99. The summed E-state index contributed by atoms with van der Waals surface area (Å²) in [4.78, 5) is 40.5. The highest BCUT2D eigenvalue weighted by Crippen LogP contribution is 2.27. The molecule has 1 N–H and O–H groups in total. The van der Waals surface area contributed by atoms with Gasteiger partial charge in [0.2, 0.25) is 18.2 Å². The Kier molecular flexibility index (Phi) is 7.61. The van der Waals surface area contributed by atoms with Crippen molar-refractivity contribution in [1.82, 2.24) is 15.1 Å². The van der Waals surface area contributed by atoms with Gasteiger partial charge in [-0.2, -0.15) is 0 Å². The van der Waals surface area contributed by atoms with Gasteiger partial charge in [-0.05, 0) is 52.0 Å². The van der Waals surface area contributed by atoms with Gasteiger partial charge < -0.3 is 15.1 Å². The van der Waals surface area contributed by atoms with E-state index in [4.69, 9.17) is 0 Å². The third-order valence-corrected chi connectivity index (χ3v) is 5.59. The van der Waals surface area contributed by atoms with Crippen LogP contribution in [0.3, 0.4) is 0 Å². The van der Waals surface area contributed by atoms with Crippen LogP contribution >= 0.6 is 0 Å². The molecule has 1 aliphatic heterocycles. The largest absolute Gasteiger partial charge is 0.348 e. The first-order valence-corrected chi connectivity index (χ1v) is 10.1. The first-order valence-electron chi connectivity index (χ1n) is 10.1. The van der Waals surface area contributed by atoms with E-state index in [0.29, 0.717) is 25.9 Å². The quantitative estimate of drug-likeness (QED) is 0.696. The van der Waals surface area contributed by atoms with Crippen molar-refractivity contribution in [2.24, 2.45) is 5.92 Å². The minimum atomic E-state index is -0.506. The summed E-state index contributed by atoms with van der Waals surface area (Å²) >= 11 is 0. The number of carbonyl (C=O) groups is 3. The molecular formula is C22H33N3O3. The van der Waals surface area contributed by atoms with Gasteiger partial charge >= 0.3 is 0 Å². The molecule has 1 aromatic carbocycles. The number of hydrogen-bond donors (Lipinski definition) is 1. The van der Waals surface area contributed by atoms with E-state index in [1.54, 1.807) is 7.05 Å². The zero-order chi connectivity index (χ0) is 20.7. The molecule has 1 heterocycles. The number of nitrogens with one attached hydrogen (secondary N) is 1. The standard InChI is InChI=1S/C22H33N3O3/c1-5-25-21(28)19(12-9-13-22(25,2)3)23-20(27)18(15-24(4)16-26)14-17-10-7-6-8-11-17/h6-8,10-11,16,18-19H,5,9,12-15H2,1-4H3,(H,23,27). The average Bonchev–Trinajstić information content (AvgIpc) is 2.77. The van der Waals surface area contributed by atoms with Gasteiger partial charge in [0.1, 0.15) is 6.04 Å². The van der Waals surface area contributed by atoms with Crippen LogP contribution in [0.25, 0.3) is 0 Å². The maximum atomic E-state index is 13.1. The van der Waals surface area contributed by atoms with E-state index in [9.17, 15) is 14.4 Å². The fourth-order valence-corrected chi connectivity index (χ4v) is 4.02. The van der Waals surface area contributed by atoms with E-state index in [1.165, 1.54) is 4.90 Å². The van der Waals surface area contributed by atoms with Crippen molar-refractivity contribution in [1.29, 1.82) is 0 Å². The van der Waals surface area contributed by atoms with Crippen LogP contribution in [0, 0.1) is 5.92 Å². The van der Waals surface area contributed by atoms with E-state index in [0.717, 1.165) is 24.8 Å². The fraction of sp³-hybridized carbons (Fsp3) is 0.591. The second-order valence-corrected chi connectivity index (χ2v) is 8.28. The highest BCUT2D eigenvalue weighted by atomic mass is 16.2. The van der Waals surface area contributed by atoms with Crippen molar-refractivity contribution in [3.05, 3.63) is 35.9 Å². The Bertz CT molecular complexity index is 675. The minimum absolute atomic E-state index is 0.0134. The molecule has 0 aliphatic carbocycles. The zero-order valence-electron chi connectivity index (χ0n) is 17.5. The molecule has 0 spiro atoms. The van der Waals surface area contributed by atoms with Crippen molar-refractivity contribution >= 4 is 18.2 Å². The molecule has 1 fully saturated rings. The van der Waals surface area contributed by atoms with E-state index in [2.05, 4.69) is 19.2 Å². The predicted octanol–water partition coefficient (Wildman–Crippen LogP) is 2.23. The molecule has 6 nitrogen and oxygen atoms in total. The van der Waals surface area contributed by atoms with Gasteiger partial charge in [0, 0.05) is 25.7 Å². The first kappa shape index (κ1) is 21.9. The summed E-state index contributed by atoms with van der Waals surface area (Å²) in [6.45, 7) is 7.07. The Labute approximate surface area is 168 Å². The van der Waals surface area contributed by atoms with Crippen LogP contribution in [-0.4, -0.2) is 59.7 Å². The van der Waals surface area contributed by atoms with E-state index in [-0.39, 0.29) is 17.4 Å². The maximum absolute atomic E-state index is 13.1. The molecule has 2 unspecified atom stereocenters. The summed E-state index contributed by atoms with van der Waals surface area (Å²) in [6.07, 6.45) is 3.70. The van der Waals surface area contributed by atoms with Gasteiger partial charge in [0.15, 0.2) is 0 Å². The lowest BCUT2D eigenvalue weighted by Crippen LogP contribution is -2.54. The lowest BCUT2D eigenvalue weighted by molar-refractivity contribution is -0.140. The fourth-order valence-electron chi connectivity index (χ4n) is 4.02. The summed E-state index contributed by atoms with van der Waals surface area (Å²) in [5.74, 6) is -0.594. The van der Waals surface area contributed by atoms with Gasteiger partial charge in [-0.25, -0.2) is 0 Å². The Balaban J connectivity index is 2.14. The number of hydrogen-bond acceptors (Lipinski definition) is 3. The van der Waals surface area contributed by atoms with E-state index >= 15 is 0 Å². The maximum Gasteiger partial charge on any atom is 0.245 e. The second kappa shape index (κ2) is 9.71. The molecule has 1 aromatic rings. The number of rotatable bonds is 8. The van der Waals surface area contributed by atoms with Gasteiger partial charge in [-0.15, -0.1) is 0 Å². The molecule has 1 saturated heterocycles. The lowest BCUT2D eigenvalue weighted by atomic mass is 9.96. The topological polar surface area (TPSA) is 69.7 Å². The van der Waals surface area contributed by atoms with Gasteiger partial charge in [-0.3, -0.25) is 14.4 Å². The molecule has 2 rings (SSSR count). The van der Waals surface area contributed by atoms with Crippen molar-refractivity contribution in [2.75, 3.05) is 20.1 Å². The minimum Gasteiger partial charge on any atom is -0.348 e. The summed E-state index contributed by atoms with van der Waals surface area (Å²) in [6, 6.07) is 9.24. The average molecular weight is 388 g/mol. The lowest BCUT2D eigenvalue weighted by Gasteiger charge is -2.37. The van der Waals surface area contributed by atoms with Crippen LogP contribution in [-0.2, 0) is 20.8 Å². The molecule has 0 radical (unpaired) electrons. The molecular weight excluding hydrogens is 354 g/mol. The normalized spacial score (nSPS) is 20.2. The second-order valence-electron chi connectivity index (χ2n) is 8.28. The predicted molar refractivity (Wildman–Crippen MR) is 110 cm³/mol. The van der Waals surface area contributed by atoms with Crippen molar-refractivity contribution < 1.29 is 14.4 Å². The Hall–Kier alpha value is -2.37. The van der Waals surface area contributed by atoms with Gasteiger partial charge in [0.05, 0.1) is 5.92 Å². The molecule has 28 heavy (non-hydrogen) atoms. The van der Waals surface area contributed by atoms with Crippen LogP contribution in [0.1, 0.15) is 45.6 Å². The van der Waals surface area contributed by atoms with Crippen LogP contribution in [0.4, 0.5) is 0 Å². The summed E-state index contributed by atoms with van der Waals surface area (Å²) in [5.41, 5.74) is 0.831. The number of likely N-dealkylation sites (tertiary alicyclic amines) is 1. The molecule has 0 bridgehead atoms. The summed E-state index contributed by atoms with van der Waals surface area (Å²) < 4.78 is 0. The first-order chi connectivity index (χ1) is 13.3. The third kappa shape index (κ3) is 5.57. The van der Waals surface area contributed by atoms with Crippen molar-refractivity contribution in [3.63, 3.8) is 0 Å². The molecule has 6 heteroatoms. The Morgan fingerprint density at radius 2 is 2.04 bits per heavy atom. The van der Waals surface area contributed by atoms with Gasteiger partial charge in [0.25, 0.3) is 0 Å². The molecule has 3 amide bonds. The number of carbonyl (C=O) groups excluding carboxylic acids is 3. The van der Waals surface area contributed by atoms with Crippen LogP contribution in [0.15, 0.2) is 30.3 Å². The van der Waals surface area contributed by atoms with Crippen LogP contribution < -0.4 is 5.32 Å². The van der Waals surface area contributed by atoms with Crippen molar-refractivity contribution in [2.45, 2.75) is 58.0 Å². The number of amides is 3. The van der Waals surface area contributed by atoms with Crippen molar-refractivity contribution in [3.8, 4) is 0 Å². The summed E-state index contributed by atoms with van der Waals surface area (Å²) in [7, 11) is 1.66. The molecule has 1 aliphatic rings. The highest BCUT2D eigenvalue weighted by Gasteiger charge is 2.38. The van der Waals surface area contributed by atoms with E-state index in [1.807, 2.05) is 42.2 Å². The van der Waals surface area contributed by atoms with Crippen LogP contribution in [0.5, 0.6) is 0 Å². The molecule has 0 saturated carbocycles. The molecule has 0 aromatic heterocycles. The smallest absolute Gasteiger partial charge is 0.245 e. The Morgan fingerprint density at radius 3 is 2.64 bits per heavy atom. The SMILES string of the molecule is CCN1C(=O)C(NC(=O)C(Cc2ccccc2)CN(C)C=O)CCCC1(C)C.